The van der Waals surface area contributed by atoms with E-state index in [1.54, 1.807) is 6.07 Å². The summed E-state index contributed by atoms with van der Waals surface area (Å²) in [5, 5.41) is 19.2. The maximum Gasteiger partial charge on any atom is 0.183 e. The highest BCUT2D eigenvalue weighted by Crippen LogP contribution is 1.97. The summed E-state index contributed by atoms with van der Waals surface area (Å²) in [4.78, 5) is 0. The summed E-state index contributed by atoms with van der Waals surface area (Å²) < 4.78 is 0.771. The first-order valence-electron chi connectivity index (χ1n) is 3.61. The highest BCUT2D eigenvalue weighted by Gasteiger charge is 1.95. The van der Waals surface area contributed by atoms with Crippen LogP contribution in [0.1, 0.15) is 12.0 Å². The van der Waals surface area contributed by atoms with Crippen LogP contribution in [-0.4, -0.2) is 11.7 Å². The van der Waals surface area contributed by atoms with Crippen LogP contribution in [0, 0.1) is 5.21 Å². The summed E-state index contributed by atoms with van der Waals surface area (Å²) in [5.41, 5.74) is 0.969. The predicted octanol–water partition coefficient (Wildman–Crippen LogP) is 0.245. The lowest BCUT2D eigenvalue weighted by molar-refractivity contribution is -0.605. The first-order valence-corrected chi connectivity index (χ1v) is 3.61. The van der Waals surface area contributed by atoms with Gasteiger partial charge in [0.1, 0.15) is 0 Å². The Morgan fingerprint density at radius 1 is 1.55 bits per heavy atom. The lowest BCUT2D eigenvalue weighted by atomic mass is 10.2. The van der Waals surface area contributed by atoms with Crippen molar-refractivity contribution in [2.24, 2.45) is 0 Å². The summed E-state index contributed by atoms with van der Waals surface area (Å²) in [5.74, 6) is 0. The third-order valence-corrected chi connectivity index (χ3v) is 1.46. The minimum Gasteiger partial charge on any atom is -0.619 e. The van der Waals surface area contributed by atoms with E-state index in [1.807, 2.05) is 6.07 Å². The number of aliphatic hydroxyl groups excluding tert-OH is 1. The second-order valence-electron chi connectivity index (χ2n) is 2.40. The zero-order chi connectivity index (χ0) is 8.10. The van der Waals surface area contributed by atoms with Gasteiger partial charge in [0.05, 0.1) is 0 Å². The van der Waals surface area contributed by atoms with Crippen molar-refractivity contribution in [3.63, 3.8) is 0 Å². The van der Waals surface area contributed by atoms with E-state index in [0.717, 1.165) is 16.7 Å². The molecule has 3 heteroatoms. The monoisotopic (exact) mass is 153 g/mol. The van der Waals surface area contributed by atoms with Gasteiger partial charge in [-0.15, -0.1) is 0 Å². The van der Waals surface area contributed by atoms with Crippen LogP contribution in [0.2, 0.25) is 0 Å². The molecular formula is C8H11NO2. The number of aromatic nitrogens is 1. The third-order valence-electron chi connectivity index (χ3n) is 1.46. The van der Waals surface area contributed by atoms with Crippen LogP contribution in [0.3, 0.4) is 0 Å². The molecule has 1 N–H and O–H groups in total. The van der Waals surface area contributed by atoms with E-state index in [4.69, 9.17) is 5.11 Å². The largest absolute Gasteiger partial charge is 0.619 e. The summed E-state index contributed by atoms with van der Waals surface area (Å²) in [6.07, 6.45) is 4.45. The quantitative estimate of drug-likeness (QED) is 0.499. The van der Waals surface area contributed by atoms with Crippen LogP contribution >= 0.6 is 0 Å². The van der Waals surface area contributed by atoms with E-state index >= 15 is 0 Å². The Morgan fingerprint density at radius 3 is 3.00 bits per heavy atom. The van der Waals surface area contributed by atoms with Gasteiger partial charge in [0.2, 0.25) is 0 Å². The normalized spacial score (nSPS) is 9.91. The Bertz CT molecular complexity index is 225. The molecule has 3 nitrogen and oxygen atoms in total. The van der Waals surface area contributed by atoms with Crippen LogP contribution in [0.4, 0.5) is 0 Å². The molecule has 60 valence electrons. The SMILES string of the molecule is [O-][n+]1cccc(CCCO)c1. The van der Waals surface area contributed by atoms with Crippen molar-refractivity contribution in [1.29, 1.82) is 0 Å². The molecule has 0 aliphatic rings. The topological polar surface area (TPSA) is 47.2 Å². The van der Waals surface area contributed by atoms with Crippen molar-refractivity contribution in [3.05, 3.63) is 35.3 Å². The van der Waals surface area contributed by atoms with E-state index in [9.17, 15) is 5.21 Å². The molecule has 1 aromatic heterocycles. The molecule has 0 aliphatic heterocycles. The number of aliphatic hydroxyl groups is 1. The lowest BCUT2D eigenvalue weighted by Crippen LogP contribution is -2.24. The molecule has 0 spiro atoms. The van der Waals surface area contributed by atoms with Crippen molar-refractivity contribution in [2.75, 3.05) is 6.61 Å². The van der Waals surface area contributed by atoms with Crippen LogP contribution < -0.4 is 4.73 Å². The van der Waals surface area contributed by atoms with Crippen molar-refractivity contribution >= 4 is 0 Å². The number of hydrogen-bond acceptors (Lipinski definition) is 2. The Kier molecular flexibility index (Phi) is 2.86. The van der Waals surface area contributed by atoms with E-state index in [1.165, 1.54) is 12.4 Å². The Hall–Kier alpha value is -1.09. The number of rotatable bonds is 3. The molecule has 0 saturated carbocycles. The molecule has 0 bridgehead atoms. The molecule has 1 aromatic rings. The van der Waals surface area contributed by atoms with Gasteiger partial charge in [-0.05, 0) is 18.9 Å². The van der Waals surface area contributed by atoms with Gasteiger partial charge in [-0.2, -0.15) is 4.73 Å². The summed E-state index contributed by atoms with van der Waals surface area (Å²) >= 11 is 0. The van der Waals surface area contributed by atoms with Crippen LogP contribution in [0.25, 0.3) is 0 Å². The molecule has 0 atom stereocenters. The average Bonchev–Trinajstić information content (AvgIpc) is 2.01. The van der Waals surface area contributed by atoms with Gasteiger partial charge >= 0.3 is 0 Å². The van der Waals surface area contributed by atoms with Gasteiger partial charge in [-0.1, -0.05) is 0 Å². The van der Waals surface area contributed by atoms with E-state index < -0.39 is 0 Å². The second-order valence-corrected chi connectivity index (χ2v) is 2.40. The van der Waals surface area contributed by atoms with Crippen molar-refractivity contribution in [1.82, 2.24) is 0 Å². The van der Waals surface area contributed by atoms with Gasteiger partial charge in [-0.25, -0.2) is 0 Å². The van der Waals surface area contributed by atoms with E-state index in [2.05, 4.69) is 0 Å². The summed E-state index contributed by atoms with van der Waals surface area (Å²) in [6.45, 7) is 0.174. The van der Waals surface area contributed by atoms with E-state index in [0.29, 0.717) is 6.42 Å². The number of hydrogen-bond donors (Lipinski definition) is 1. The fourth-order valence-electron chi connectivity index (χ4n) is 0.932. The average molecular weight is 153 g/mol. The molecule has 0 aromatic carbocycles. The number of aryl methyl sites for hydroxylation is 1. The lowest BCUT2D eigenvalue weighted by Gasteiger charge is -1.98. The minimum absolute atomic E-state index is 0.174. The molecular weight excluding hydrogens is 142 g/mol. The smallest absolute Gasteiger partial charge is 0.183 e. The molecule has 1 heterocycles. The predicted molar refractivity (Wildman–Crippen MR) is 40.8 cm³/mol. The van der Waals surface area contributed by atoms with Gasteiger partial charge in [0.25, 0.3) is 0 Å². The highest BCUT2D eigenvalue weighted by atomic mass is 16.5. The Labute approximate surface area is 65.5 Å². The van der Waals surface area contributed by atoms with Crippen molar-refractivity contribution < 1.29 is 9.84 Å². The fraction of sp³-hybridized carbons (Fsp3) is 0.375. The fourth-order valence-corrected chi connectivity index (χ4v) is 0.932. The van der Waals surface area contributed by atoms with Crippen LogP contribution in [0.5, 0.6) is 0 Å². The van der Waals surface area contributed by atoms with Gasteiger partial charge in [-0.3, -0.25) is 0 Å². The van der Waals surface area contributed by atoms with Gasteiger partial charge in [0, 0.05) is 18.2 Å². The third kappa shape index (κ3) is 2.55. The molecule has 0 fully saturated rings. The molecule has 0 unspecified atom stereocenters. The first-order chi connectivity index (χ1) is 5.33. The molecule has 0 amide bonds. The summed E-state index contributed by atoms with van der Waals surface area (Å²) in [7, 11) is 0. The molecule has 0 aliphatic carbocycles. The zero-order valence-corrected chi connectivity index (χ0v) is 6.23. The number of nitrogens with zero attached hydrogens (tertiary/aromatic N) is 1. The molecule has 0 radical (unpaired) electrons. The summed E-state index contributed by atoms with van der Waals surface area (Å²) in [6, 6.07) is 3.59. The Balaban J connectivity index is 2.56. The number of pyridine rings is 1. The van der Waals surface area contributed by atoms with Gasteiger partial charge in [0.15, 0.2) is 12.4 Å². The standard InChI is InChI=1S/C8H11NO2/c10-6-2-4-8-3-1-5-9(11)7-8/h1,3,5,7,10H,2,4,6H2. The molecule has 11 heavy (non-hydrogen) atoms. The maximum absolute atomic E-state index is 10.7. The maximum atomic E-state index is 10.7. The molecule has 0 saturated heterocycles. The van der Waals surface area contributed by atoms with Crippen molar-refractivity contribution in [3.8, 4) is 0 Å². The van der Waals surface area contributed by atoms with Crippen LogP contribution in [-0.2, 0) is 6.42 Å². The van der Waals surface area contributed by atoms with Gasteiger partial charge < -0.3 is 10.3 Å². The Morgan fingerprint density at radius 2 is 2.36 bits per heavy atom. The second kappa shape index (κ2) is 3.93. The van der Waals surface area contributed by atoms with Crippen LogP contribution in [0.15, 0.2) is 24.5 Å². The molecule has 1 rings (SSSR count). The first kappa shape index (κ1) is 8.01. The van der Waals surface area contributed by atoms with Crippen molar-refractivity contribution in [2.45, 2.75) is 12.8 Å². The highest BCUT2D eigenvalue weighted by molar-refractivity contribution is 5.05. The minimum atomic E-state index is 0.174. The zero-order valence-electron chi connectivity index (χ0n) is 6.23. The van der Waals surface area contributed by atoms with E-state index in [-0.39, 0.29) is 6.61 Å².